The quantitative estimate of drug-likeness (QED) is 0.0278. The number of Topliss-reactive ketones (excluding diaryl/α,β-unsaturated/α-hetero) is 1. The topological polar surface area (TPSA) is 116 Å². The number of rotatable bonds is 45. The summed E-state index contributed by atoms with van der Waals surface area (Å²) in [5.41, 5.74) is -5.42. The van der Waals surface area contributed by atoms with Crippen molar-refractivity contribution in [1.29, 1.82) is 0 Å². The molecule has 0 aromatic rings. The zero-order valence-electron chi connectivity index (χ0n) is 44.0. The van der Waals surface area contributed by atoms with Gasteiger partial charge in [0.2, 0.25) is 0 Å². The first-order chi connectivity index (χ1) is 30.7. The van der Waals surface area contributed by atoms with Gasteiger partial charge < -0.3 is 19.3 Å². The van der Waals surface area contributed by atoms with Crippen molar-refractivity contribution >= 4 is 23.7 Å². The smallest absolute Gasteiger partial charge is 0.340 e. The molecule has 0 aliphatic carbocycles. The van der Waals surface area contributed by atoms with Crippen LogP contribution in [0.5, 0.6) is 0 Å². The lowest BCUT2D eigenvalue weighted by atomic mass is 9.80. The Kier molecular flexibility index (Phi) is 35.9. The van der Waals surface area contributed by atoms with Crippen LogP contribution in [0.25, 0.3) is 0 Å². The van der Waals surface area contributed by atoms with E-state index in [4.69, 9.17) is 14.2 Å². The highest BCUT2D eigenvalue weighted by Crippen LogP contribution is 2.38. The number of ketones is 1. The molecule has 2 atom stereocenters. The van der Waals surface area contributed by atoms with Crippen molar-refractivity contribution in [2.24, 2.45) is 5.92 Å². The van der Waals surface area contributed by atoms with Gasteiger partial charge in [-0.15, -0.1) is 0 Å². The number of hydrogen-bond acceptors (Lipinski definition) is 8. The van der Waals surface area contributed by atoms with Crippen molar-refractivity contribution in [3.63, 3.8) is 0 Å². The van der Waals surface area contributed by atoms with E-state index in [0.717, 1.165) is 57.8 Å². The van der Waals surface area contributed by atoms with Gasteiger partial charge >= 0.3 is 17.9 Å². The summed E-state index contributed by atoms with van der Waals surface area (Å²) < 4.78 is 18.9. The molecule has 0 bridgehead atoms. The highest BCUT2D eigenvalue weighted by Gasteiger charge is 2.57. The summed E-state index contributed by atoms with van der Waals surface area (Å²) in [5, 5.41) is 12.7. The van der Waals surface area contributed by atoms with Gasteiger partial charge in [-0.25, -0.2) is 4.79 Å². The van der Waals surface area contributed by atoms with Crippen LogP contribution in [-0.4, -0.2) is 51.2 Å². The summed E-state index contributed by atoms with van der Waals surface area (Å²) in [5.74, 6) is -5.63. The van der Waals surface area contributed by atoms with Crippen molar-refractivity contribution in [1.82, 2.24) is 0 Å². The highest BCUT2D eigenvalue weighted by atomic mass is 16.6. The minimum absolute atomic E-state index is 0.489. The van der Waals surface area contributed by atoms with Gasteiger partial charge in [-0.2, -0.15) is 0 Å². The fourth-order valence-electron chi connectivity index (χ4n) is 9.71. The second kappa shape index (κ2) is 37.1. The van der Waals surface area contributed by atoms with E-state index in [1.54, 1.807) is 0 Å². The molecule has 0 spiro atoms. The van der Waals surface area contributed by atoms with Crippen LogP contribution in [-0.2, 0) is 33.4 Å². The Morgan fingerprint density at radius 2 is 0.656 bits per heavy atom. The molecule has 0 heterocycles. The van der Waals surface area contributed by atoms with Crippen LogP contribution in [0.2, 0.25) is 0 Å². The molecule has 1 N–H and O–H groups in total. The summed E-state index contributed by atoms with van der Waals surface area (Å²) in [4.78, 5) is 57.2. The Hall–Kier alpha value is -1.96. The largest absolute Gasteiger partial charge is 0.459 e. The number of carbonyl (C=O) groups excluding carboxylic acids is 4. The standard InChI is InChI=1S/C56H106O8/c1-11-20-23-26-29-32-35-38-41-44-53(14-4,15-5)62-49(58)47-56(61,52(60)64-55(18-8,19-9)46-43-40-37-34-31-28-25-22-13-3)50(48(10)57)51(59)63-54(16-6,17-7)45-42-39-36-33-30-27-24-21-12-2/h50,61H,11-47H2,1-10H3. The zero-order chi connectivity index (χ0) is 48.2. The average Bonchev–Trinajstić information content (AvgIpc) is 3.28. The molecule has 64 heavy (non-hydrogen) atoms. The minimum atomic E-state index is -2.82. The van der Waals surface area contributed by atoms with E-state index in [9.17, 15) is 24.3 Å². The third-order valence-electron chi connectivity index (χ3n) is 14.9. The Balaban J connectivity index is 6.45. The molecule has 0 amide bonds. The Labute approximate surface area is 396 Å². The van der Waals surface area contributed by atoms with E-state index in [-0.39, 0.29) is 0 Å². The van der Waals surface area contributed by atoms with Crippen molar-refractivity contribution < 1.29 is 38.5 Å². The van der Waals surface area contributed by atoms with Crippen LogP contribution in [0.4, 0.5) is 0 Å². The van der Waals surface area contributed by atoms with Crippen LogP contribution in [0.1, 0.15) is 307 Å². The molecule has 378 valence electrons. The van der Waals surface area contributed by atoms with E-state index in [1.807, 2.05) is 41.5 Å². The number of carbonyl (C=O) groups is 4. The van der Waals surface area contributed by atoms with Crippen molar-refractivity contribution in [3.05, 3.63) is 0 Å². The van der Waals surface area contributed by atoms with Gasteiger partial charge in [0, 0.05) is 0 Å². The minimum Gasteiger partial charge on any atom is -0.459 e. The number of unbranched alkanes of at least 4 members (excludes halogenated alkanes) is 24. The average molecular weight is 907 g/mol. The predicted octanol–water partition coefficient (Wildman–Crippen LogP) is 16.4. The Morgan fingerprint density at radius 1 is 0.391 bits per heavy atom. The second-order valence-electron chi connectivity index (χ2n) is 19.8. The first-order valence-electron chi connectivity index (χ1n) is 27.6. The molecule has 0 aromatic heterocycles. The number of ether oxygens (including phenoxy) is 3. The van der Waals surface area contributed by atoms with Crippen molar-refractivity contribution in [2.45, 2.75) is 329 Å². The third-order valence-corrected chi connectivity index (χ3v) is 14.9. The summed E-state index contributed by atoms with van der Waals surface area (Å²) in [6.07, 6.45) is 35.5. The van der Waals surface area contributed by atoms with Crippen LogP contribution in [0.3, 0.4) is 0 Å². The molecule has 0 aromatic carbocycles. The Bertz CT molecular complexity index is 1190. The van der Waals surface area contributed by atoms with Crippen molar-refractivity contribution in [3.8, 4) is 0 Å². The zero-order valence-corrected chi connectivity index (χ0v) is 44.0. The molecule has 0 fully saturated rings. The van der Waals surface area contributed by atoms with E-state index in [2.05, 4.69) is 20.8 Å². The molecule has 0 rings (SSSR count). The van der Waals surface area contributed by atoms with E-state index in [1.165, 1.54) is 122 Å². The molecule has 0 aliphatic heterocycles. The number of aliphatic hydroxyl groups is 1. The van der Waals surface area contributed by atoms with Crippen LogP contribution < -0.4 is 0 Å². The molecule has 0 saturated carbocycles. The monoisotopic (exact) mass is 907 g/mol. The first kappa shape index (κ1) is 62.0. The van der Waals surface area contributed by atoms with Crippen LogP contribution in [0.15, 0.2) is 0 Å². The normalized spacial score (nSPS) is 13.7. The summed E-state index contributed by atoms with van der Waals surface area (Å²) >= 11 is 0. The van der Waals surface area contributed by atoms with Gasteiger partial charge in [-0.1, -0.05) is 216 Å². The van der Waals surface area contributed by atoms with Gasteiger partial charge in [0.15, 0.2) is 11.5 Å². The van der Waals surface area contributed by atoms with E-state index >= 15 is 0 Å². The van der Waals surface area contributed by atoms with Gasteiger partial charge in [-0.05, 0) is 84.0 Å². The molecule has 8 heteroatoms. The van der Waals surface area contributed by atoms with E-state index in [0.29, 0.717) is 57.8 Å². The van der Waals surface area contributed by atoms with Gasteiger partial charge in [0.05, 0.1) is 6.42 Å². The maximum atomic E-state index is 14.7. The van der Waals surface area contributed by atoms with Crippen LogP contribution >= 0.6 is 0 Å². The fraction of sp³-hybridized carbons (Fsp3) is 0.929. The summed E-state index contributed by atoms with van der Waals surface area (Å²) in [6.45, 7) is 19.7. The van der Waals surface area contributed by atoms with Gasteiger partial charge in [0.1, 0.15) is 22.6 Å². The summed E-state index contributed by atoms with van der Waals surface area (Å²) in [6, 6.07) is 0. The van der Waals surface area contributed by atoms with Crippen LogP contribution in [0, 0.1) is 5.92 Å². The number of hydrogen-bond donors (Lipinski definition) is 1. The molecular formula is C56H106O8. The molecular weight excluding hydrogens is 801 g/mol. The molecule has 2 unspecified atom stereocenters. The molecule has 0 saturated heterocycles. The summed E-state index contributed by atoms with van der Waals surface area (Å²) in [7, 11) is 0. The Morgan fingerprint density at radius 3 is 0.938 bits per heavy atom. The van der Waals surface area contributed by atoms with Gasteiger partial charge in [-0.3, -0.25) is 14.4 Å². The third kappa shape index (κ3) is 24.7. The maximum Gasteiger partial charge on any atom is 0.340 e. The van der Waals surface area contributed by atoms with Gasteiger partial charge in [0.25, 0.3) is 0 Å². The lowest BCUT2D eigenvalue weighted by Crippen LogP contribution is -2.58. The second-order valence-corrected chi connectivity index (χ2v) is 19.8. The fourth-order valence-corrected chi connectivity index (χ4v) is 9.71. The molecule has 8 nitrogen and oxygen atoms in total. The lowest BCUT2D eigenvalue weighted by Gasteiger charge is -2.40. The SMILES string of the molecule is CCCCCCCCCCCC(CC)(CC)OC(=O)CC(O)(C(=O)OC(CC)(CC)CCCCCCCCCCC)C(C(C)=O)C(=O)OC(CC)(CC)CCCCCCCCCCC. The lowest BCUT2D eigenvalue weighted by molar-refractivity contribution is -0.205. The number of esters is 3. The maximum absolute atomic E-state index is 14.7. The predicted molar refractivity (Wildman–Crippen MR) is 267 cm³/mol. The van der Waals surface area contributed by atoms with Crippen molar-refractivity contribution in [2.75, 3.05) is 0 Å². The first-order valence-corrected chi connectivity index (χ1v) is 27.6. The highest BCUT2D eigenvalue weighted by molar-refractivity contribution is 6.05. The molecule has 0 aliphatic rings. The van der Waals surface area contributed by atoms with E-state index < -0.39 is 58.4 Å². The molecule has 0 radical (unpaired) electrons.